The van der Waals surface area contributed by atoms with Crippen molar-refractivity contribution in [1.29, 1.82) is 0 Å². The maximum absolute atomic E-state index is 12.9. The van der Waals surface area contributed by atoms with Crippen molar-refractivity contribution in [1.82, 2.24) is 14.8 Å². The van der Waals surface area contributed by atoms with Crippen molar-refractivity contribution in [2.45, 2.75) is 23.7 Å². The van der Waals surface area contributed by atoms with Crippen LogP contribution in [-0.4, -0.2) is 52.1 Å². The van der Waals surface area contributed by atoms with Gasteiger partial charge in [-0.2, -0.15) is 0 Å². The fourth-order valence-corrected chi connectivity index (χ4v) is 4.48. The van der Waals surface area contributed by atoms with Gasteiger partial charge >= 0.3 is 0 Å². The van der Waals surface area contributed by atoms with Crippen LogP contribution in [0.3, 0.4) is 0 Å². The summed E-state index contributed by atoms with van der Waals surface area (Å²) in [7, 11) is 0. The van der Waals surface area contributed by atoms with Gasteiger partial charge in [0.25, 0.3) is 0 Å². The van der Waals surface area contributed by atoms with Gasteiger partial charge in [-0.25, -0.2) is 4.98 Å². The van der Waals surface area contributed by atoms with Gasteiger partial charge in [0.1, 0.15) is 0 Å². The average molecular weight is 392 g/mol. The normalized spacial score (nSPS) is 16.2. The lowest BCUT2D eigenvalue weighted by Gasteiger charge is -2.35. The van der Waals surface area contributed by atoms with Crippen LogP contribution < -0.4 is 0 Å². The molecule has 1 aromatic heterocycles. The molecule has 2 heterocycles. The van der Waals surface area contributed by atoms with Crippen LogP contribution in [0.2, 0.25) is 0 Å². The zero-order valence-electron chi connectivity index (χ0n) is 16.1. The smallest absolute Gasteiger partial charge is 0.235 e. The highest BCUT2D eigenvalue weighted by molar-refractivity contribution is 8.00. The molecular weight excluding hydrogens is 366 g/mol. The second-order valence-corrected chi connectivity index (χ2v) is 8.55. The summed E-state index contributed by atoms with van der Waals surface area (Å²) < 4.78 is 0. The maximum atomic E-state index is 12.9. The molecular formula is C23H25N3OS. The molecule has 0 N–H and O–H groups in total. The number of nitrogens with zero attached hydrogens (tertiary/aromatic N) is 3. The molecule has 1 atom stereocenters. The molecule has 0 radical (unpaired) electrons. The van der Waals surface area contributed by atoms with Crippen molar-refractivity contribution in [3.63, 3.8) is 0 Å². The van der Waals surface area contributed by atoms with Gasteiger partial charge in [0, 0.05) is 38.1 Å². The first-order chi connectivity index (χ1) is 13.7. The van der Waals surface area contributed by atoms with Crippen molar-refractivity contribution < 1.29 is 4.79 Å². The van der Waals surface area contributed by atoms with Gasteiger partial charge in [-0.15, -0.1) is 0 Å². The van der Waals surface area contributed by atoms with Crippen LogP contribution in [0.1, 0.15) is 12.5 Å². The minimum absolute atomic E-state index is 0.130. The van der Waals surface area contributed by atoms with Crippen molar-refractivity contribution in [2.24, 2.45) is 0 Å². The Morgan fingerprint density at radius 3 is 2.46 bits per heavy atom. The van der Waals surface area contributed by atoms with E-state index in [0.717, 1.165) is 48.7 Å². The summed E-state index contributed by atoms with van der Waals surface area (Å²) in [4.78, 5) is 22.0. The molecule has 0 saturated carbocycles. The number of para-hydroxylation sites is 1. The molecule has 0 aliphatic carbocycles. The number of fused-ring (bicyclic) bond motifs is 1. The van der Waals surface area contributed by atoms with Gasteiger partial charge in [0.15, 0.2) is 0 Å². The third kappa shape index (κ3) is 4.54. The topological polar surface area (TPSA) is 36.4 Å². The van der Waals surface area contributed by atoms with E-state index in [-0.39, 0.29) is 11.2 Å². The largest absolute Gasteiger partial charge is 0.339 e. The summed E-state index contributed by atoms with van der Waals surface area (Å²) in [5.41, 5.74) is 2.30. The Balaban J connectivity index is 1.31. The Labute approximate surface area is 170 Å². The third-order valence-corrected chi connectivity index (χ3v) is 6.18. The quantitative estimate of drug-likeness (QED) is 0.615. The van der Waals surface area contributed by atoms with Crippen LogP contribution >= 0.6 is 11.8 Å². The molecule has 144 valence electrons. The number of hydrogen-bond donors (Lipinski definition) is 0. The van der Waals surface area contributed by atoms with Crippen LogP contribution in [0.4, 0.5) is 0 Å². The van der Waals surface area contributed by atoms with E-state index in [1.54, 1.807) is 11.8 Å². The third-order valence-electron chi connectivity index (χ3n) is 5.15. The number of hydrogen-bond acceptors (Lipinski definition) is 4. The predicted molar refractivity (Wildman–Crippen MR) is 115 cm³/mol. The number of carbonyl (C=O) groups excluding carboxylic acids is 1. The molecule has 1 saturated heterocycles. The Morgan fingerprint density at radius 2 is 1.68 bits per heavy atom. The molecule has 1 amide bonds. The van der Waals surface area contributed by atoms with E-state index in [4.69, 9.17) is 0 Å². The lowest BCUT2D eigenvalue weighted by molar-refractivity contribution is -0.132. The summed E-state index contributed by atoms with van der Waals surface area (Å²) in [6.07, 6.45) is 0. The van der Waals surface area contributed by atoms with Gasteiger partial charge in [0.2, 0.25) is 5.91 Å². The van der Waals surface area contributed by atoms with Gasteiger partial charge in [-0.05, 0) is 24.6 Å². The highest BCUT2D eigenvalue weighted by Gasteiger charge is 2.25. The zero-order chi connectivity index (χ0) is 19.3. The van der Waals surface area contributed by atoms with Gasteiger partial charge in [-0.1, -0.05) is 66.4 Å². The number of rotatable bonds is 5. The first kappa shape index (κ1) is 19.0. The van der Waals surface area contributed by atoms with Crippen LogP contribution in [-0.2, 0) is 11.3 Å². The summed E-state index contributed by atoms with van der Waals surface area (Å²) in [5.74, 6) is 0.208. The van der Waals surface area contributed by atoms with Crippen LogP contribution in [0, 0.1) is 0 Å². The fraction of sp³-hybridized carbons (Fsp3) is 0.304. The van der Waals surface area contributed by atoms with Crippen LogP contribution in [0.25, 0.3) is 10.9 Å². The van der Waals surface area contributed by atoms with Crippen molar-refractivity contribution >= 4 is 28.6 Å². The summed E-state index contributed by atoms with van der Waals surface area (Å²) in [6, 6.07) is 22.7. The number of aromatic nitrogens is 1. The molecule has 1 aliphatic rings. The zero-order valence-corrected chi connectivity index (χ0v) is 16.9. The second kappa shape index (κ2) is 8.76. The Bertz CT molecular complexity index is 939. The Morgan fingerprint density at radius 1 is 0.964 bits per heavy atom. The summed E-state index contributed by atoms with van der Waals surface area (Å²) >= 11 is 1.55. The van der Waals surface area contributed by atoms with E-state index in [1.165, 1.54) is 5.56 Å². The number of piperazine rings is 1. The Kier molecular flexibility index (Phi) is 5.93. The number of thioether (sulfide) groups is 1. The summed E-state index contributed by atoms with van der Waals surface area (Å²) in [6.45, 7) is 6.37. The summed E-state index contributed by atoms with van der Waals surface area (Å²) in [5, 5.41) is 1.90. The molecule has 1 unspecified atom stereocenters. The highest BCUT2D eigenvalue weighted by atomic mass is 32.2. The SMILES string of the molecule is CC(Sc1ccc2ccccc2n1)C(=O)N1CCN(Cc2ccccc2)CC1. The van der Waals surface area contributed by atoms with Crippen LogP contribution in [0.15, 0.2) is 71.8 Å². The molecule has 4 rings (SSSR count). The number of benzene rings is 2. The monoisotopic (exact) mass is 391 g/mol. The Hall–Kier alpha value is -2.37. The maximum Gasteiger partial charge on any atom is 0.235 e. The number of amides is 1. The van der Waals surface area contributed by atoms with Crippen molar-refractivity contribution in [3.8, 4) is 0 Å². The second-order valence-electron chi connectivity index (χ2n) is 7.19. The lowest BCUT2D eigenvalue weighted by Crippen LogP contribution is -2.50. The highest BCUT2D eigenvalue weighted by Crippen LogP contribution is 2.25. The molecule has 5 heteroatoms. The molecule has 2 aromatic carbocycles. The lowest BCUT2D eigenvalue weighted by atomic mass is 10.2. The molecule has 0 bridgehead atoms. The molecule has 4 nitrogen and oxygen atoms in total. The van der Waals surface area contributed by atoms with Crippen LogP contribution in [0.5, 0.6) is 0 Å². The van der Waals surface area contributed by atoms with E-state index in [2.05, 4.69) is 46.3 Å². The van der Waals surface area contributed by atoms with E-state index in [1.807, 2.05) is 42.2 Å². The van der Waals surface area contributed by atoms with E-state index < -0.39 is 0 Å². The first-order valence-electron chi connectivity index (χ1n) is 9.76. The average Bonchev–Trinajstić information content (AvgIpc) is 2.74. The van der Waals surface area contributed by atoms with Gasteiger partial charge in [0.05, 0.1) is 15.8 Å². The molecule has 1 aliphatic heterocycles. The number of pyridine rings is 1. The minimum atomic E-state index is -0.130. The van der Waals surface area contributed by atoms with E-state index in [0.29, 0.717) is 0 Å². The van der Waals surface area contributed by atoms with Gasteiger partial charge in [-0.3, -0.25) is 9.69 Å². The molecule has 0 spiro atoms. The molecule has 28 heavy (non-hydrogen) atoms. The predicted octanol–water partition coefficient (Wildman–Crippen LogP) is 4.06. The minimum Gasteiger partial charge on any atom is -0.339 e. The number of carbonyl (C=O) groups is 1. The molecule has 1 fully saturated rings. The van der Waals surface area contributed by atoms with Crippen molar-refractivity contribution in [3.05, 3.63) is 72.3 Å². The van der Waals surface area contributed by atoms with E-state index in [9.17, 15) is 4.79 Å². The van der Waals surface area contributed by atoms with Gasteiger partial charge < -0.3 is 4.90 Å². The standard InChI is InChI=1S/C23H25N3OS/c1-18(28-22-12-11-20-9-5-6-10-21(20)24-22)23(27)26-15-13-25(14-16-26)17-19-7-3-2-4-8-19/h2-12,18H,13-17H2,1H3. The van der Waals surface area contributed by atoms with E-state index >= 15 is 0 Å². The first-order valence-corrected chi connectivity index (χ1v) is 10.6. The fourth-order valence-electron chi connectivity index (χ4n) is 3.57. The molecule has 3 aromatic rings. The van der Waals surface area contributed by atoms with Crippen molar-refractivity contribution in [2.75, 3.05) is 26.2 Å².